The third kappa shape index (κ3) is 9.08. The molecule has 0 bridgehead atoms. The Kier molecular flexibility index (Phi) is 8.62. The van der Waals surface area contributed by atoms with Crippen molar-refractivity contribution in [3.63, 3.8) is 0 Å². The Bertz CT molecular complexity index is 559. The van der Waals surface area contributed by atoms with Crippen LogP contribution in [0.1, 0.15) is 18.9 Å². The highest BCUT2D eigenvalue weighted by molar-refractivity contribution is 5.91. The van der Waals surface area contributed by atoms with Gasteiger partial charge in [0.15, 0.2) is 0 Å². The van der Waals surface area contributed by atoms with Crippen molar-refractivity contribution in [2.24, 2.45) is 0 Å². The zero-order valence-corrected chi connectivity index (χ0v) is 12.2. The van der Waals surface area contributed by atoms with Gasteiger partial charge < -0.3 is 14.9 Å². The average Bonchev–Trinajstić information content (AvgIpc) is 2.45. The molecule has 0 aliphatic carbocycles. The molecule has 2 N–H and O–H groups in total. The van der Waals surface area contributed by atoms with E-state index in [1.165, 1.54) is 0 Å². The molecule has 0 atom stereocenters. The molecule has 22 heavy (non-hydrogen) atoms. The fourth-order valence-electron chi connectivity index (χ4n) is 1.10. The zero-order chi connectivity index (χ0) is 17.1. The first-order valence-corrected chi connectivity index (χ1v) is 6.23. The summed E-state index contributed by atoms with van der Waals surface area (Å²) in [5.74, 6) is -2.79. The third-order valence-corrected chi connectivity index (χ3v) is 2.23. The first kappa shape index (κ1) is 19.1. The number of aliphatic carboxylic acids is 2. The molecule has 0 spiro atoms. The van der Waals surface area contributed by atoms with E-state index in [2.05, 4.69) is 13.2 Å². The number of esters is 1. The van der Waals surface area contributed by atoms with Crippen LogP contribution in [-0.2, 0) is 25.7 Å². The van der Waals surface area contributed by atoms with Crippen molar-refractivity contribution in [1.29, 1.82) is 0 Å². The molecule has 1 aromatic rings. The first-order valence-electron chi connectivity index (χ1n) is 6.23. The highest BCUT2D eigenvalue weighted by atomic mass is 16.5. The maximum atomic E-state index is 11.0. The minimum atomic E-state index is -1.27. The van der Waals surface area contributed by atoms with Gasteiger partial charge in [0.25, 0.3) is 0 Å². The van der Waals surface area contributed by atoms with Gasteiger partial charge in [-0.3, -0.25) is 4.79 Å². The van der Waals surface area contributed by atoms with Crippen LogP contribution >= 0.6 is 0 Å². The van der Waals surface area contributed by atoms with Gasteiger partial charge in [0, 0.05) is 11.1 Å². The fraction of sp³-hybridized carbons (Fsp3) is 0.188. The summed E-state index contributed by atoms with van der Waals surface area (Å²) in [6.45, 7) is 8.45. The first-order chi connectivity index (χ1) is 10.2. The van der Waals surface area contributed by atoms with Gasteiger partial charge in [-0.1, -0.05) is 43.5 Å². The van der Waals surface area contributed by atoms with Crippen LogP contribution < -0.4 is 0 Å². The number of ether oxygens (including phenoxy) is 1. The second-order valence-corrected chi connectivity index (χ2v) is 4.32. The van der Waals surface area contributed by atoms with Gasteiger partial charge in [-0.05, 0) is 12.5 Å². The molecular weight excluding hydrogens is 288 g/mol. The van der Waals surface area contributed by atoms with Crippen molar-refractivity contribution in [3.8, 4) is 0 Å². The van der Waals surface area contributed by atoms with Crippen LogP contribution in [0.4, 0.5) is 0 Å². The van der Waals surface area contributed by atoms with Gasteiger partial charge in [-0.25, -0.2) is 9.59 Å². The number of carboxylic acid groups (broad SMARTS) is 2. The van der Waals surface area contributed by atoms with Crippen molar-refractivity contribution < 1.29 is 29.3 Å². The Labute approximate surface area is 128 Å². The van der Waals surface area contributed by atoms with Crippen molar-refractivity contribution in [1.82, 2.24) is 0 Å². The van der Waals surface area contributed by atoms with Crippen molar-refractivity contribution in [2.45, 2.75) is 20.0 Å². The van der Waals surface area contributed by atoms with Crippen LogP contribution in [0.2, 0.25) is 0 Å². The quantitative estimate of drug-likeness (QED) is 0.618. The Morgan fingerprint density at radius 1 is 1.09 bits per heavy atom. The summed E-state index contributed by atoms with van der Waals surface area (Å²) in [5, 5.41) is 16.1. The summed E-state index contributed by atoms with van der Waals surface area (Å²) in [4.78, 5) is 30.7. The fourth-order valence-corrected chi connectivity index (χ4v) is 1.10. The van der Waals surface area contributed by atoms with Crippen LogP contribution in [-0.4, -0.2) is 28.1 Å². The molecule has 6 nitrogen and oxygen atoms in total. The van der Waals surface area contributed by atoms with E-state index in [1.807, 2.05) is 30.3 Å². The summed E-state index contributed by atoms with van der Waals surface area (Å²) in [6.07, 6.45) is -0.505. The maximum absolute atomic E-state index is 11.0. The Morgan fingerprint density at radius 3 is 2.00 bits per heavy atom. The topological polar surface area (TPSA) is 101 Å². The van der Waals surface area contributed by atoms with Crippen molar-refractivity contribution >= 4 is 17.9 Å². The number of carboxylic acids is 2. The minimum Gasteiger partial charge on any atom is -0.481 e. The number of benzene rings is 1. The molecule has 0 heterocycles. The number of carbonyl (C=O) groups is 3. The molecule has 0 amide bonds. The van der Waals surface area contributed by atoms with Crippen molar-refractivity contribution in [3.05, 3.63) is 60.2 Å². The Hall–Kier alpha value is -2.89. The molecule has 0 aliphatic rings. The van der Waals surface area contributed by atoms with Gasteiger partial charge >= 0.3 is 17.9 Å². The molecule has 0 unspecified atom stereocenters. The summed E-state index contributed by atoms with van der Waals surface area (Å²) < 4.78 is 4.95. The summed E-state index contributed by atoms with van der Waals surface area (Å²) in [5.41, 5.74) is 1.11. The lowest BCUT2D eigenvalue weighted by Gasteiger charge is -2.03. The molecule has 0 saturated heterocycles. The predicted molar refractivity (Wildman–Crippen MR) is 80.1 cm³/mol. The Balaban J connectivity index is 0.000000433. The molecule has 1 rings (SSSR count). The summed E-state index contributed by atoms with van der Waals surface area (Å²) >= 11 is 0. The standard InChI is InChI=1S/C11H12O2.C5H6O4/c1-9(2)11(12)13-8-10-6-4-3-5-7-10;1-3(5(8)9)2-4(6)7/h3-7H,1,8H2,2H3;1-2H2,(H,6,7)(H,8,9). The van der Waals surface area contributed by atoms with Crippen LogP contribution in [0.15, 0.2) is 54.6 Å². The smallest absolute Gasteiger partial charge is 0.333 e. The number of carbonyl (C=O) groups excluding carboxylic acids is 1. The molecule has 0 radical (unpaired) electrons. The van der Waals surface area contributed by atoms with Crippen molar-refractivity contribution in [2.75, 3.05) is 0 Å². The molecule has 118 valence electrons. The minimum absolute atomic E-state index is 0.303. The maximum Gasteiger partial charge on any atom is 0.333 e. The van der Waals surface area contributed by atoms with E-state index in [0.717, 1.165) is 5.56 Å². The van der Waals surface area contributed by atoms with Gasteiger partial charge in [-0.2, -0.15) is 0 Å². The molecule has 1 aromatic carbocycles. The Morgan fingerprint density at radius 2 is 1.64 bits per heavy atom. The average molecular weight is 306 g/mol. The molecule has 0 aliphatic heterocycles. The number of hydrogen-bond acceptors (Lipinski definition) is 4. The lowest BCUT2D eigenvalue weighted by atomic mass is 10.2. The molecule has 0 saturated carbocycles. The second-order valence-electron chi connectivity index (χ2n) is 4.32. The second kappa shape index (κ2) is 9.93. The van der Waals surface area contributed by atoms with E-state index in [0.29, 0.717) is 12.2 Å². The van der Waals surface area contributed by atoms with E-state index in [-0.39, 0.29) is 11.5 Å². The summed E-state index contributed by atoms with van der Waals surface area (Å²) in [7, 11) is 0. The highest BCUT2D eigenvalue weighted by Gasteiger charge is 2.07. The van der Waals surface area contributed by atoms with Crippen LogP contribution in [0.25, 0.3) is 0 Å². The van der Waals surface area contributed by atoms with E-state index < -0.39 is 18.4 Å². The van der Waals surface area contributed by atoms with Gasteiger partial charge in [0.2, 0.25) is 0 Å². The molecule has 0 aromatic heterocycles. The molecule has 0 fully saturated rings. The van der Waals surface area contributed by atoms with Gasteiger partial charge in [-0.15, -0.1) is 0 Å². The highest BCUT2D eigenvalue weighted by Crippen LogP contribution is 2.02. The monoisotopic (exact) mass is 306 g/mol. The predicted octanol–water partition coefficient (Wildman–Crippen LogP) is 2.41. The largest absolute Gasteiger partial charge is 0.481 e. The van der Waals surface area contributed by atoms with E-state index in [4.69, 9.17) is 14.9 Å². The van der Waals surface area contributed by atoms with Crippen LogP contribution in [0.3, 0.4) is 0 Å². The SMILES string of the molecule is C=C(C)C(=O)OCc1ccccc1.C=C(CC(=O)O)C(=O)O. The third-order valence-electron chi connectivity index (χ3n) is 2.23. The lowest BCUT2D eigenvalue weighted by Crippen LogP contribution is -2.04. The molecular formula is C16H18O6. The zero-order valence-electron chi connectivity index (χ0n) is 12.2. The van der Waals surface area contributed by atoms with E-state index in [9.17, 15) is 14.4 Å². The van der Waals surface area contributed by atoms with E-state index in [1.54, 1.807) is 6.92 Å². The number of rotatable bonds is 6. The number of hydrogen-bond donors (Lipinski definition) is 2. The van der Waals surface area contributed by atoms with Gasteiger partial charge in [0.1, 0.15) is 6.61 Å². The normalized spacial score (nSPS) is 8.95. The summed E-state index contributed by atoms with van der Waals surface area (Å²) in [6, 6.07) is 9.55. The molecule has 6 heteroatoms. The lowest BCUT2D eigenvalue weighted by molar-refractivity contribution is -0.140. The van der Waals surface area contributed by atoms with Crippen LogP contribution in [0.5, 0.6) is 0 Å². The van der Waals surface area contributed by atoms with Gasteiger partial charge in [0.05, 0.1) is 6.42 Å². The van der Waals surface area contributed by atoms with Crippen LogP contribution in [0, 0.1) is 0 Å². The van der Waals surface area contributed by atoms with E-state index >= 15 is 0 Å².